The van der Waals surface area contributed by atoms with Crippen LogP contribution in [0.1, 0.15) is 88.9 Å². The van der Waals surface area contributed by atoms with E-state index in [0.29, 0.717) is 35.3 Å². The molecule has 2 aliphatic rings. The van der Waals surface area contributed by atoms with Crippen molar-refractivity contribution in [1.29, 1.82) is 0 Å². The van der Waals surface area contributed by atoms with E-state index in [1.165, 1.54) is 19.3 Å². The van der Waals surface area contributed by atoms with Crippen LogP contribution in [0.4, 0.5) is 11.8 Å². The maximum atomic E-state index is 13.0. The Morgan fingerprint density at radius 2 is 1.90 bits per heavy atom. The molecule has 3 N–H and O–H groups in total. The normalized spacial score (nSPS) is 18.8. The Balaban J connectivity index is 1.61. The molecule has 1 amide bonds. The van der Waals surface area contributed by atoms with Crippen molar-refractivity contribution in [3.05, 3.63) is 11.8 Å². The Hall–Kier alpha value is -1.89. The number of hydrogen-bond acceptors (Lipinski definition) is 6. The Kier molecular flexibility index (Phi) is 9.37. The summed E-state index contributed by atoms with van der Waals surface area (Å²) in [4.78, 5) is 24.7. The number of aromatic nitrogens is 2. The number of likely N-dealkylation sites (tertiary alicyclic amines) is 1. The van der Waals surface area contributed by atoms with Gasteiger partial charge in [-0.3, -0.25) is 4.79 Å². The van der Waals surface area contributed by atoms with Gasteiger partial charge >= 0.3 is 0 Å². The predicted octanol–water partition coefficient (Wildman–Crippen LogP) is 4.28. The highest BCUT2D eigenvalue weighted by Gasteiger charge is 2.23. The van der Waals surface area contributed by atoms with Gasteiger partial charge in [0.05, 0.1) is 0 Å². The van der Waals surface area contributed by atoms with E-state index in [2.05, 4.69) is 51.6 Å². The van der Waals surface area contributed by atoms with Crippen LogP contribution in [0.3, 0.4) is 0 Å². The maximum absolute atomic E-state index is 13.0. The van der Waals surface area contributed by atoms with Crippen molar-refractivity contribution in [2.75, 3.05) is 36.8 Å². The summed E-state index contributed by atoms with van der Waals surface area (Å²) in [6.45, 7) is 10.5. The number of unbranched alkanes of at least 4 members (excludes halogenated alkanes) is 1. The molecule has 2 heterocycles. The van der Waals surface area contributed by atoms with Crippen LogP contribution in [0, 0.1) is 5.92 Å². The smallest absolute Gasteiger partial charge is 0.256 e. The van der Waals surface area contributed by atoms with Gasteiger partial charge in [-0.2, -0.15) is 4.98 Å². The van der Waals surface area contributed by atoms with Crippen molar-refractivity contribution in [2.24, 2.45) is 5.92 Å². The standard InChI is InChI=1S/C24H42N6O/c1-4-5-13-25-24-27-17-21(22(29-24)28-20-9-7-6-8-10-20)23(31)26-16-19-11-14-30(15-12-19)18(2)3/h17-20H,4-16H2,1-3H3,(H,26,31)(H2,25,27,28,29). The molecule has 1 aliphatic heterocycles. The molecule has 0 unspecified atom stereocenters. The van der Waals surface area contributed by atoms with E-state index in [-0.39, 0.29) is 5.91 Å². The van der Waals surface area contributed by atoms with Gasteiger partial charge in [0.25, 0.3) is 5.91 Å². The average Bonchev–Trinajstić information content (AvgIpc) is 2.79. The van der Waals surface area contributed by atoms with Crippen LogP contribution < -0.4 is 16.0 Å². The minimum absolute atomic E-state index is 0.0651. The molecule has 0 atom stereocenters. The summed E-state index contributed by atoms with van der Waals surface area (Å²) in [5, 5.41) is 10.0. The van der Waals surface area contributed by atoms with Crippen molar-refractivity contribution in [1.82, 2.24) is 20.2 Å². The lowest BCUT2D eigenvalue weighted by Crippen LogP contribution is -2.41. The van der Waals surface area contributed by atoms with Gasteiger partial charge in [0, 0.05) is 31.4 Å². The molecule has 0 bridgehead atoms. The summed E-state index contributed by atoms with van der Waals surface area (Å²) in [5.74, 6) is 1.76. The van der Waals surface area contributed by atoms with Gasteiger partial charge in [0.1, 0.15) is 11.4 Å². The zero-order valence-corrected chi connectivity index (χ0v) is 19.8. The molecular formula is C24H42N6O. The Morgan fingerprint density at radius 3 is 2.58 bits per heavy atom. The van der Waals surface area contributed by atoms with E-state index < -0.39 is 0 Å². The lowest BCUT2D eigenvalue weighted by molar-refractivity contribution is 0.0930. The van der Waals surface area contributed by atoms with Crippen molar-refractivity contribution in [3.63, 3.8) is 0 Å². The minimum Gasteiger partial charge on any atom is -0.367 e. The third kappa shape index (κ3) is 7.34. The Bertz CT molecular complexity index is 681. The molecule has 1 aromatic rings. The van der Waals surface area contributed by atoms with Crippen LogP contribution in [-0.4, -0.2) is 59.0 Å². The molecule has 31 heavy (non-hydrogen) atoms. The van der Waals surface area contributed by atoms with Gasteiger partial charge < -0.3 is 20.9 Å². The molecule has 174 valence electrons. The minimum atomic E-state index is -0.0651. The van der Waals surface area contributed by atoms with Gasteiger partial charge in [-0.25, -0.2) is 4.98 Å². The molecule has 0 spiro atoms. The zero-order chi connectivity index (χ0) is 22.1. The molecule has 0 radical (unpaired) electrons. The number of amides is 1. The molecule has 1 aromatic heterocycles. The van der Waals surface area contributed by atoms with Gasteiger partial charge in [-0.1, -0.05) is 32.6 Å². The number of piperidine rings is 1. The van der Waals surface area contributed by atoms with E-state index in [9.17, 15) is 4.79 Å². The molecular weight excluding hydrogens is 388 g/mol. The van der Waals surface area contributed by atoms with Crippen molar-refractivity contribution in [3.8, 4) is 0 Å². The summed E-state index contributed by atoms with van der Waals surface area (Å²) in [5.41, 5.74) is 0.561. The fraction of sp³-hybridized carbons (Fsp3) is 0.792. The molecule has 1 saturated carbocycles. The molecule has 0 aromatic carbocycles. The lowest BCUT2D eigenvalue weighted by atomic mass is 9.95. The van der Waals surface area contributed by atoms with Crippen LogP contribution in [-0.2, 0) is 0 Å². The molecule has 7 heteroatoms. The second-order valence-corrected chi connectivity index (χ2v) is 9.50. The number of carbonyl (C=O) groups excluding carboxylic acids is 1. The Morgan fingerprint density at radius 1 is 1.16 bits per heavy atom. The van der Waals surface area contributed by atoms with Crippen molar-refractivity contribution < 1.29 is 4.79 Å². The first kappa shape index (κ1) is 23.8. The van der Waals surface area contributed by atoms with Crippen molar-refractivity contribution >= 4 is 17.7 Å². The molecule has 7 nitrogen and oxygen atoms in total. The van der Waals surface area contributed by atoms with Crippen LogP contribution in [0.25, 0.3) is 0 Å². The zero-order valence-electron chi connectivity index (χ0n) is 19.8. The van der Waals surface area contributed by atoms with E-state index in [4.69, 9.17) is 0 Å². The van der Waals surface area contributed by atoms with Crippen LogP contribution in [0.5, 0.6) is 0 Å². The summed E-state index contributed by atoms with van der Waals surface area (Å²) in [6, 6.07) is 0.990. The first-order chi connectivity index (χ1) is 15.1. The molecule has 2 fully saturated rings. The number of nitrogens with zero attached hydrogens (tertiary/aromatic N) is 3. The highest BCUT2D eigenvalue weighted by molar-refractivity contribution is 5.98. The number of hydrogen-bond donors (Lipinski definition) is 3. The third-order valence-corrected chi connectivity index (χ3v) is 6.72. The second kappa shape index (κ2) is 12.2. The summed E-state index contributed by atoms with van der Waals surface area (Å²) in [7, 11) is 0. The molecule has 1 aliphatic carbocycles. The van der Waals surface area contributed by atoms with Crippen LogP contribution >= 0.6 is 0 Å². The monoisotopic (exact) mass is 430 g/mol. The molecule has 3 rings (SSSR count). The van der Waals surface area contributed by atoms with E-state index in [1.54, 1.807) is 6.20 Å². The van der Waals surface area contributed by atoms with Gasteiger partial charge in [-0.15, -0.1) is 0 Å². The SMILES string of the molecule is CCCCNc1ncc(C(=O)NCC2CCN(C(C)C)CC2)c(NC2CCCCC2)n1. The second-order valence-electron chi connectivity index (χ2n) is 9.50. The quantitative estimate of drug-likeness (QED) is 0.481. The Labute approximate surface area is 188 Å². The fourth-order valence-corrected chi connectivity index (χ4v) is 4.57. The highest BCUT2D eigenvalue weighted by atomic mass is 16.1. The maximum Gasteiger partial charge on any atom is 0.256 e. The largest absolute Gasteiger partial charge is 0.367 e. The van der Waals surface area contributed by atoms with E-state index in [1.807, 2.05) is 0 Å². The van der Waals surface area contributed by atoms with Crippen LogP contribution in [0.15, 0.2) is 6.20 Å². The molecule has 1 saturated heterocycles. The van der Waals surface area contributed by atoms with Gasteiger partial charge in [0.2, 0.25) is 5.95 Å². The predicted molar refractivity (Wildman–Crippen MR) is 128 cm³/mol. The summed E-state index contributed by atoms with van der Waals surface area (Å²) >= 11 is 0. The number of anilines is 2. The topological polar surface area (TPSA) is 82.2 Å². The number of nitrogens with one attached hydrogen (secondary N) is 3. The summed E-state index contributed by atoms with van der Waals surface area (Å²) in [6.07, 6.45) is 12.2. The first-order valence-electron chi connectivity index (χ1n) is 12.5. The van der Waals surface area contributed by atoms with E-state index >= 15 is 0 Å². The average molecular weight is 431 g/mol. The van der Waals surface area contributed by atoms with Crippen molar-refractivity contribution in [2.45, 2.75) is 90.6 Å². The van der Waals surface area contributed by atoms with Crippen LogP contribution in [0.2, 0.25) is 0 Å². The fourth-order valence-electron chi connectivity index (χ4n) is 4.57. The van der Waals surface area contributed by atoms with E-state index in [0.717, 1.165) is 64.7 Å². The summed E-state index contributed by atoms with van der Waals surface area (Å²) < 4.78 is 0. The third-order valence-electron chi connectivity index (χ3n) is 6.72. The highest BCUT2D eigenvalue weighted by Crippen LogP contribution is 2.24. The lowest BCUT2D eigenvalue weighted by Gasteiger charge is -2.34. The van der Waals surface area contributed by atoms with Gasteiger partial charge in [0.15, 0.2) is 0 Å². The number of rotatable bonds is 10. The van der Waals surface area contributed by atoms with Gasteiger partial charge in [-0.05, 0) is 65.0 Å². The first-order valence-corrected chi connectivity index (χ1v) is 12.5. The number of carbonyl (C=O) groups is 1.